The van der Waals surface area contributed by atoms with Gasteiger partial charge in [0.2, 0.25) is 6.41 Å². The van der Waals surface area contributed by atoms with Crippen LogP contribution in [0.2, 0.25) is 5.02 Å². The summed E-state index contributed by atoms with van der Waals surface area (Å²) >= 11 is 5.99. The number of halogens is 2. The molecule has 0 aliphatic heterocycles. The molecule has 0 fully saturated rings. The summed E-state index contributed by atoms with van der Waals surface area (Å²) in [4.78, 5) is 44.1. The number of ether oxygens (including phenoxy) is 1. The van der Waals surface area contributed by atoms with Crippen molar-refractivity contribution < 1.29 is 23.5 Å². The highest BCUT2D eigenvalue weighted by Crippen LogP contribution is 2.20. The molecule has 9 nitrogen and oxygen atoms in total. The van der Waals surface area contributed by atoms with Crippen molar-refractivity contribution in [3.63, 3.8) is 0 Å². The van der Waals surface area contributed by atoms with Crippen LogP contribution < -0.4 is 10.6 Å². The fraction of sp³-hybridized carbons (Fsp3) is 0.333. The Morgan fingerprint density at radius 2 is 1.92 bits per heavy atom. The summed E-state index contributed by atoms with van der Waals surface area (Å²) in [6.07, 6.45) is 2.01. The Hall–Kier alpha value is -3.92. The standard InChI is InChI=1S/C27H31ClFN5O4/c1-4-34(17-35)18(2)12-22(33(3)26(36)31-15-21-10-7-11-23(29)25(21)28)16-38-27(37)32-24-13-19-8-5-6-9-20(19)14-30-24/h5-11,13-14,17-18,22H,4,12,15-16H2,1-3H3,(H,31,36)(H,30,32,37)/t18?,22-/m0/s1. The summed E-state index contributed by atoms with van der Waals surface area (Å²) in [5.41, 5.74) is 0.426. The minimum absolute atomic E-state index is 0.00639. The first-order chi connectivity index (χ1) is 18.2. The minimum atomic E-state index is -0.728. The van der Waals surface area contributed by atoms with Crippen LogP contribution in [0, 0.1) is 5.82 Å². The van der Waals surface area contributed by atoms with Crippen LogP contribution in [0.15, 0.2) is 54.7 Å². The second kappa shape index (κ2) is 13.6. The van der Waals surface area contributed by atoms with E-state index >= 15 is 0 Å². The average molecular weight is 544 g/mol. The molecule has 38 heavy (non-hydrogen) atoms. The lowest BCUT2D eigenvalue weighted by Gasteiger charge is -2.33. The van der Waals surface area contributed by atoms with Crippen molar-refractivity contribution in [1.82, 2.24) is 20.1 Å². The highest BCUT2D eigenvalue weighted by Gasteiger charge is 2.26. The average Bonchev–Trinajstić information content (AvgIpc) is 2.91. The number of nitrogens with one attached hydrogen (secondary N) is 2. The van der Waals surface area contributed by atoms with E-state index in [0.29, 0.717) is 24.3 Å². The van der Waals surface area contributed by atoms with Crippen molar-refractivity contribution in [3.8, 4) is 0 Å². The molecule has 0 bridgehead atoms. The lowest BCUT2D eigenvalue weighted by molar-refractivity contribution is -0.120. The SMILES string of the molecule is CCN(C=O)C(C)C[C@@H](COC(=O)Nc1cc2ccccc2cn1)N(C)C(=O)NCc1cccc(F)c1Cl. The number of anilines is 1. The zero-order chi connectivity index (χ0) is 27.7. The summed E-state index contributed by atoms with van der Waals surface area (Å²) in [6.45, 7) is 4.05. The number of hydrogen-bond acceptors (Lipinski definition) is 5. The van der Waals surface area contributed by atoms with Crippen molar-refractivity contribution in [2.24, 2.45) is 0 Å². The number of amides is 4. The molecule has 0 radical (unpaired) electrons. The fourth-order valence-electron chi connectivity index (χ4n) is 3.97. The van der Waals surface area contributed by atoms with Crippen LogP contribution >= 0.6 is 11.6 Å². The second-order valence-electron chi connectivity index (χ2n) is 8.80. The van der Waals surface area contributed by atoms with Gasteiger partial charge < -0.3 is 19.9 Å². The molecule has 3 rings (SSSR count). The Balaban J connectivity index is 1.66. The molecule has 2 atom stereocenters. The van der Waals surface area contributed by atoms with Crippen molar-refractivity contribution in [3.05, 3.63) is 71.1 Å². The maximum atomic E-state index is 13.7. The van der Waals surface area contributed by atoms with Crippen molar-refractivity contribution in [1.29, 1.82) is 0 Å². The second-order valence-corrected chi connectivity index (χ2v) is 9.18. The molecule has 0 aliphatic carbocycles. The molecule has 0 saturated carbocycles. The topological polar surface area (TPSA) is 104 Å². The van der Waals surface area contributed by atoms with Gasteiger partial charge in [0.15, 0.2) is 0 Å². The van der Waals surface area contributed by atoms with Gasteiger partial charge in [0, 0.05) is 37.8 Å². The van der Waals surface area contributed by atoms with Crippen LogP contribution in [0.3, 0.4) is 0 Å². The van der Waals surface area contributed by atoms with Crippen molar-refractivity contribution in [2.75, 3.05) is 25.5 Å². The van der Waals surface area contributed by atoms with E-state index in [1.54, 1.807) is 30.3 Å². The van der Waals surface area contributed by atoms with Gasteiger partial charge in [-0.1, -0.05) is 48.0 Å². The molecule has 0 aliphatic rings. The van der Waals surface area contributed by atoms with Gasteiger partial charge in [0.1, 0.15) is 18.2 Å². The van der Waals surface area contributed by atoms with Gasteiger partial charge in [0.25, 0.3) is 0 Å². The van der Waals surface area contributed by atoms with Gasteiger partial charge in [-0.3, -0.25) is 10.1 Å². The molecule has 1 aromatic heterocycles. The molecule has 11 heteroatoms. The van der Waals surface area contributed by atoms with Crippen LogP contribution in [0.5, 0.6) is 0 Å². The molecular weight excluding hydrogens is 513 g/mol. The Morgan fingerprint density at radius 3 is 2.63 bits per heavy atom. The van der Waals surface area contributed by atoms with Crippen LogP contribution in [0.1, 0.15) is 25.8 Å². The molecule has 0 spiro atoms. The number of carbonyl (C=O) groups is 3. The number of benzene rings is 2. The van der Waals surface area contributed by atoms with Crippen LogP contribution in [0.4, 0.5) is 19.8 Å². The first-order valence-corrected chi connectivity index (χ1v) is 12.5. The number of hydrogen-bond donors (Lipinski definition) is 2. The third-order valence-corrected chi connectivity index (χ3v) is 6.70. The summed E-state index contributed by atoms with van der Waals surface area (Å²) in [7, 11) is 1.56. The maximum Gasteiger partial charge on any atom is 0.412 e. The number of carbonyl (C=O) groups excluding carboxylic acids is 3. The lowest BCUT2D eigenvalue weighted by Crippen LogP contribution is -2.48. The van der Waals surface area contributed by atoms with E-state index in [4.69, 9.17) is 16.3 Å². The van der Waals surface area contributed by atoms with E-state index in [1.165, 1.54) is 17.0 Å². The highest BCUT2D eigenvalue weighted by molar-refractivity contribution is 6.31. The lowest BCUT2D eigenvalue weighted by atomic mass is 10.1. The van der Waals surface area contributed by atoms with Crippen LogP contribution in [0.25, 0.3) is 10.8 Å². The zero-order valence-corrected chi connectivity index (χ0v) is 22.2. The molecule has 202 valence electrons. The number of pyridine rings is 1. The molecule has 2 N–H and O–H groups in total. The molecule has 0 saturated heterocycles. The normalized spacial score (nSPS) is 12.3. The summed E-state index contributed by atoms with van der Waals surface area (Å²) in [6, 6.07) is 12.4. The number of aromatic nitrogens is 1. The first-order valence-electron chi connectivity index (χ1n) is 12.2. The monoisotopic (exact) mass is 543 g/mol. The molecule has 2 aromatic carbocycles. The van der Waals surface area contributed by atoms with Crippen LogP contribution in [-0.2, 0) is 16.1 Å². The largest absolute Gasteiger partial charge is 0.447 e. The van der Waals surface area contributed by atoms with E-state index in [9.17, 15) is 18.8 Å². The van der Waals surface area contributed by atoms with Crippen molar-refractivity contribution in [2.45, 2.75) is 38.9 Å². The van der Waals surface area contributed by atoms with E-state index in [0.717, 1.165) is 17.2 Å². The molecule has 1 heterocycles. The highest BCUT2D eigenvalue weighted by atomic mass is 35.5. The number of urea groups is 1. The molecule has 4 amide bonds. The number of rotatable bonds is 11. The van der Waals surface area contributed by atoms with E-state index in [1.807, 2.05) is 38.1 Å². The third-order valence-electron chi connectivity index (χ3n) is 6.28. The van der Waals surface area contributed by atoms with Gasteiger partial charge in [-0.05, 0) is 43.4 Å². The number of fused-ring (bicyclic) bond motifs is 1. The first kappa shape index (κ1) is 28.6. The summed E-state index contributed by atoms with van der Waals surface area (Å²) in [5.74, 6) is -0.248. The van der Waals surface area contributed by atoms with Gasteiger partial charge >= 0.3 is 12.1 Å². The van der Waals surface area contributed by atoms with E-state index < -0.39 is 24.0 Å². The molecular formula is C27H31ClFN5O4. The van der Waals surface area contributed by atoms with Gasteiger partial charge in [-0.15, -0.1) is 0 Å². The van der Waals surface area contributed by atoms with E-state index in [2.05, 4.69) is 15.6 Å². The fourth-order valence-corrected chi connectivity index (χ4v) is 4.16. The Bertz CT molecular complexity index is 1280. The van der Waals surface area contributed by atoms with Gasteiger partial charge in [-0.2, -0.15) is 0 Å². The van der Waals surface area contributed by atoms with E-state index in [-0.39, 0.29) is 24.2 Å². The maximum absolute atomic E-state index is 13.7. The summed E-state index contributed by atoms with van der Waals surface area (Å²) in [5, 5.41) is 7.10. The van der Waals surface area contributed by atoms with Crippen molar-refractivity contribution >= 4 is 46.7 Å². The molecule has 3 aromatic rings. The third kappa shape index (κ3) is 7.55. The number of nitrogens with zero attached hydrogens (tertiary/aromatic N) is 3. The summed E-state index contributed by atoms with van der Waals surface area (Å²) < 4.78 is 19.2. The predicted octanol–water partition coefficient (Wildman–Crippen LogP) is 5.04. The van der Waals surface area contributed by atoms with Gasteiger partial charge in [0.05, 0.1) is 11.1 Å². The molecule has 1 unspecified atom stereocenters. The predicted molar refractivity (Wildman–Crippen MR) is 144 cm³/mol. The quantitative estimate of drug-likeness (QED) is 0.330. The smallest absolute Gasteiger partial charge is 0.412 e. The number of likely N-dealkylation sites (N-methyl/N-ethyl adjacent to an activating group) is 1. The van der Waals surface area contributed by atoms with Gasteiger partial charge in [-0.25, -0.2) is 19.0 Å². The Labute approximate surface area is 225 Å². The zero-order valence-electron chi connectivity index (χ0n) is 21.5. The minimum Gasteiger partial charge on any atom is -0.447 e. The Morgan fingerprint density at radius 1 is 1.18 bits per heavy atom. The van der Waals surface area contributed by atoms with Crippen LogP contribution in [-0.4, -0.2) is 65.6 Å². The Kier molecular flexibility index (Phi) is 10.2.